The summed E-state index contributed by atoms with van der Waals surface area (Å²) in [7, 11) is 0. The first-order valence-electron chi connectivity index (χ1n) is 5.52. The number of hydrogen-bond donors (Lipinski definition) is 2. The first kappa shape index (κ1) is 13.4. The highest BCUT2D eigenvalue weighted by atomic mass is 32.1. The number of amides is 2. The maximum Gasteiger partial charge on any atom is 0.322 e. The van der Waals surface area contributed by atoms with Gasteiger partial charge in [0.25, 0.3) is 0 Å². The van der Waals surface area contributed by atoms with Gasteiger partial charge < -0.3 is 16.0 Å². The average molecular weight is 251 g/mol. The number of urea groups is 1. The third kappa shape index (κ3) is 4.82. The molecule has 0 radical (unpaired) electrons. The molecule has 5 heteroatoms. The lowest BCUT2D eigenvalue weighted by Gasteiger charge is -2.21. The van der Waals surface area contributed by atoms with Crippen LogP contribution in [0.1, 0.15) is 13.3 Å². The van der Waals surface area contributed by atoms with Crippen molar-refractivity contribution in [2.24, 2.45) is 5.73 Å². The van der Waals surface area contributed by atoms with E-state index >= 15 is 0 Å². The summed E-state index contributed by atoms with van der Waals surface area (Å²) < 4.78 is 0. The largest absolute Gasteiger partial charge is 0.392 e. The van der Waals surface area contributed by atoms with Gasteiger partial charge in [0.2, 0.25) is 0 Å². The lowest BCUT2D eigenvalue weighted by molar-refractivity contribution is 0.219. The van der Waals surface area contributed by atoms with Crippen molar-refractivity contribution in [3.63, 3.8) is 0 Å². The smallest absolute Gasteiger partial charge is 0.322 e. The number of nitrogens with one attached hydrogen (secondary N) is 1. The zero-order chi connectivity index (χ0) is 12.7. The molecule has 3 N–H and O–H groups in total. The van der Waals surface area contributed by atoms with Crippen LogP contribution in [-0.4, -0.2) is 29.0 Å². The molecule has 0 aromatic heterocycles. The first-order valence-corrected chi connectivity index (χ1v) is 5.93. The fraction of sp³-hybridized carbons (Fsp3) is 0.333. The third-order valence-corrected chi connectivity index (χ3v) is 2.28. The molecule has 0 aliphatic heterocycles. The number of nitrogens with two attached hydrogens (primary N) is 1. The van der Waals surface area contributed by atoms with Gasteiger partial charge in [0.1, 0.15) is 0 Å². The summed E-state index contributed by atoms with van der Waals surface area (Å²) in [4.78, 5) is 13.9. The summed E-state index contributed by atoms with van der Waals surface area (Å²) in [6, 6.07) is 9.13. The molecular formula is C12H17N3OS. The molecule has 0 saturated carbocycles. The van der Waals surface area contributed by atoms with Crippen molar-refractivity contribution >= 4 is 28.9 Å². The normalized spacial score (nSPS) is 9.71. The maximum absolute atomic E-state index is 11.9. The third-order valence-electron chi connectivity index (χ3n) is 2.15. The Hall–Kier alpha value is -1.62. The molecule has 0 bridgehead atoms. The molecule has 0 saturated heterocycles. The fourth-order valence-electron chi connectivity index (χ4n) is 1.43. The lowest BCUT2D eigenvalue weighted by atomic mass is 10.3. The number of carbonyl (C=O) groups is 1. The van der Waals surface area contributed by atoms with Crippen molar-refractivity contribution in [1.29, 1.82) is 0 Å². The summed E-state index contributed by atoms with van der Waals surface area (Å²) in [5.41, 5.74) is 6.23. The summed E-state index contributed by atoms with van der Waals surface area (Å²) in [6.07, 6.45) is 0.866. The molecule has 4 nitrogen and oxygen atoms in total. The summed E-state index contributed by atoms with van der Waals surface area (Å²) >= 11 is 4.83. The predicted octanol–water partition coefficient (Wildman–Crippen LogP) is 2.22. The number of thiocarbonyl (C=S) groups is 1. The minimum absolute atomic E-state index is 0.175. The van der Waals surface area contributed by atoms with Crippen molar-refractivity contribution < 1.29 is 4.79 Å². The van der Waals surface area contributed by atoms with Gasteiger partial charge in [-0.25, -0.2) is 4.79 Å². The van der Waals surface area contributed by atoms with Crippen molar-refractivity contribution in [2.45, 2.75) is 13.3 Å². The second-order valence-electron chi connectivity index (χ2n) is 3.68. The second-order valence-corrected chi connectivity index (χ2v) is 4.21. The molecule has 1 aromatic carbocycles. The molecule has 2 amide bonds. The van der Waals surface area contributed by atoms with Crippen LogP contribution in [0.25, 0.3) is 0 Å². The predicted molar refractivity (Wildman–Crippen MR) is 74.1 cm³/mol. The van der Waals surface area contributed by atoms with Gasteiger partial charge in [-0.05, 0) is 18.6 Å². The van der Waals surface area contributed by atoms with E-state index in [9.17, 15) is 4.79 Å². The number of para-hydroxylation sites is 1. The summed E-state index contributed by atoms with van der Waals surface area (Å²) in [6.45, 7) is 2.94. The topological polar surface area (TPSA) is 58.4 Å². The zero-order valence-electron chi connectivity index (χ0n) is 9.85. The van der Waals surface area contributed by atoms with Gasteiger partial charge in [0, 0.05) is 12.2 Å². The van der Waals surface area contributed by atoms with Gasteiger partial charge in [-0.3, -0.25) is 0 Å². The Morgan fingerprint density at radius 2 is 2.06 bits per heavy atom. The van der Waals surface area contributed by atoms with E-state index in [1.54, 1.807) is 4.90 Å². The monoisotopic (exact) mass is 251 g/mol. The van der Waals surface area contributed by atoms with Crippen LogP contribution in [0.15, 0.2) is 30.3 Å². The van der Waals surface area contributed by atoms with Crippen LogP contribution >= 0.6 is 12.2 Å². The van der Waals surface area contributed by atoms with Crippen LogP contribution in [0.3, 0.4) is 0 Å². The van der Waals surface area contributed by atoms with Gasteiger partial charge >= 0.3 is 6.03 Å². The molecule has 0 unspecified atom stereocenters. The minimum atomic E-state index is -0.175. The zero-order valence-corrected chi connectivity index (χ0v) is 10.7. The number of nitrogens with zero attached hydrogens (tertiary/aromatic N) is 1. The highest BCUT2D eigenvalue weighted by Gasteiger charge is 2.13. The van der Waals surface area contributed by atoms with Crippen molar-refractivity contribution in [3.05, 3.63) is 30.3 Å². The fourth-order valence-corrected chi connectivity index (χ4v) is 1.59. The van der Waals surface area contributed by atoms with Gasteiger partial charge in [0.15, 0.2) is 0 Å². The highest BCUT2D eigenvalue weighted by molar-refractivity contribution is 7.80. The molecule has 1 aromatic rings. The van der Waals surface area contributed by atoms with E-state index in [4.69, 9.17) is 18.0 Å². The molecule has 17 heavy (non-hydrogen) atoms. The summed E-state index contributed by atoms with van der Waals surface area (Å²) in [5, 5.41) is 2.80. The molecule has 0 heterocycles. The Morgan fingerprint density at radius 1 is 1.41 bits per heavy atom. The van der Waals surface area contributed by atoms with Gasteiger partial charge in [-0.2, -0.15) is 0 Å². The minimum Gasteiger partial charge on any atom is -0.392 e. The molecule has 0 spiro atoms. The molecule has 92 valence electrons. The Bertz CT molecular complexity index is 381. The van der Waals surface area contributed by atoms with Crippen molar-refractivity contribution in [1.82, 2.24) is 4.90 Å². The molecular weight excluding hydrogens is 234 g/mol. The van der Waals surface area contributed by atoms with Crippen LogP contribution < -0.4 is 11.1 Å². The van der Waals surface area contributed by atoms with E-state index in [2.05, 4.69) is 5.32 Å². The Morgan fingerprint density at radius 3 is 2.59 bits per heavy atom. The number of anilines is 1. The molecule has 0 aliphatic carbocycles. The maximum atomic E-state index is 11.9. The quantitative estimate of drug-likeness (QED) is 0.789. The SMILES string of the molecule is CCCN(CC(N)=S)C(=O)Nc1ccccc1. The van der Waals surface area contributed by atoms with Crippen LogP contribution in [0.2, 0.25) is 0 Å². The van der Waals surface area contributed by atoms with Gasteiger partial charge in [0.05, 0.1) is 11.5 Å². The van der Waals surface area contributed by atoms with Crippen LogP contribution in [0, 0.1) is 0 Å². The van der Waals surface area contributed by atoms with E-state index in [1.807, 2.05) is 37.3 Å². The van der Waals surface area contributed by atoms with E-state index in [-0.39, 0.29) is 6.03 Å². The van der Waals surface area contributed by atoms with Gasteiger partial charge in [-0.1, -0.05) is 37.3 Å². The highest BCUT2D eigenvalue weighted by Crippen LogP contribution is 2.06. The second kappa shape index (κ2) is 6.85. The van der Waals surface area contributed by atoms with E-state index in [0.717, 1.165) is 12.1 Å². The Kier molecular flexibility index (Phi) is 5.42. The molecule has 1 rings (SSSR count). The Balaban J connectivity index is 2.62. The van der Waals surface area contributed by atoms with Crippen molar-refractivity contribution in [2.75, 3.05) is 18.4 Å². The average Bonchev–Trinajstić information content (AvgIpc) is 2.29. The van der Waals surface area contributed by atoms with Crippen LogP contribution in [0.4, 0.5) is 10.5 Å². The standard InChI is InChI=1S/C12H17N3OS/c1-2-8-15(9-11(13)17)12(16)14-10-6-4-3-5-7-10/h3-7H,2,8-9H2,1H3,(H2,13,17)(H,14,16). The van der Waals surface area contributed by atoms with Gasteiger partial charge in [-0.15, -0.1) is 0 Å². The number of hydrogen-bond acceptors (Lipinski definition) is 2. The molecule has 0 fully saturated rings. The van der Waals surface area contributed by atoms with Crippen molar-refractivity contribution in [3.8, 4) is 0 Å². The number of rotatable bonds is 5. The van der Waals surface area contributed by atoms with E-state index in [1.165, 1.54) is 0 Å². The van der Waals surface area contributed by atoms with E-state index < -0.39 is 0 Å². The first-order chi connectivity index (χ1) is 8.13. The molecule has 0 atom stereocenters. The summed E-state index contributed by atoms with van der Waals surface area (Å²) in [5.74, 6) is 0. The van der Waals surface area contributed by atoms with E-state index in [0.29, 0.717) is 18.1 Å². The Labute approximate surface area is 107 Å². The lowest BCUT2D eigenvalue weighted by Crippen LogP contribution is -2.40. The number of benzene rings is 1. The molecule has 0 aliphatic rings. The van der Waals surface area contributed by atoms with Crippen LogP contribution in [-0.2, 0) is 0 Å². The van der Waals surface area contributed by atoms with Crippen LogP contribution in [0.5, 0.6) is 0 Å². The number of carbonyl (C=O) groups excluding carboxylic acids is 1.